The lowest BCUT2D eigenvalue weighted by molar-refractivity contribution is 0.0131. The molecule has 90 valence electrons. The van der Waals surface area contributed by atoms with Gasteiger partial charge in [-0.05, 0) is 13.3 Å². The summed E-state index contributed by atoms with van der Waals surface area (Å²) in [4.78, 5) is 7.93. The van der Waals surface area contributed by atoms with Crippen LogP contribution in [0.1, 0.15) is 19.4 Å². The van der Waals surface area contributed by atoms with Crippen molar-refractivity contribution in [2.24, 2.45) is 0 Å². The highest BCUT2D eigenvalue weighted by atomic mass is 35.5. The van der Waals surface area contributed by atoms with Crippen molar-refractivity contribution in [3.63, 3.8) is 0 Å². The van der Waals surface area contributed by atoms with E-state index in [4.69, 9.17) is 16.7 Å². The van der Waals surface area contributed by atoms with E-state index in [0.717, 1.165) is 5.56 Å². The summed E-state index contributed by atoms with van der Waals surface area (Å²) < 4.78 is 0. The molecule has 0 bridgehead atoms. The van der Waals surface area contributed by atoms with E-state index < -0.39 is 5.60 Å². The molecule has 0 spiro atoms. The molecule has 0 amide bonds. The SMILES string of the molecule is CCc1c(Cl)ncnc1NCC(C)(O)CO. The summed E-state index contributed by atoms with van der Waals surface area (Å²) in [6.45, 7) is 3.36. The first kappa shape index (κ1) is 13.2. The Kier molecular flexibility index (Phi) is 4.46. The van der Waals surface area contributed by atoms with Gasteiger partial charge in [0.15, 0.2) is 0 Å². The monoisotopic (exact) mass is 245 g/mol. The molecule has 0 saturated heterocycles. The van der Waals surface area contributed by atoms with Crippen LogP contribution in [0.4, 0.5) is 5.82 Å². The fourth-order valence-corrected chi connectivity index (χ4v) is 1.45. The van der Waals surface area contributed by atoms with Crippen LogP contribution in [-0.4, -0.2) is 38.9 Å². The first-order chi connectivity index (χ1) is 7.50. The number of aliphatic hydroxyl groups excluding tert-OH is 1. The second-order valence-electron chi connectivity index (χ2n) is 3.85. The van der Waals surface area contributed by atoms with Gasteiger partial charge in [-0.1, -0.05) is 18.5 Å². The first-order valence-corrected chi connectivity index (χ1v) is 5.44. The topological polar surface area (TPSA) is 78.3 Å². The molecule has 0 radical (unpaired) electrons. The van der Waals surface area contributed by atoms with Crippen molar-refractivity contribution in [1.82, 2.24) is 9.97 Å². The van der Waals surface area contributed by atoms with E-state index in [1.807, 2.05) is 6.92 Å². The van der Waals surface area contributed by atoms with E-state index in [2.05, 4.69) is 15.3 Å². The maximum Gasteiger partial charge on any atom is 0.137 e. The highest BCUT2D eigenvalue weighted by Gasteiger charge is 2.19. The van der Waals surface area contributed by atoms with Crippen LogP contribution in [0.5, 0.6) is 0 Å². The Balaban J connectivity index is 2.78. The van der Waals surface area contributed by atoms with Crippen molar-refractivity contribution in [1.29, 1.82) is 0 Å². The number of rotatable bonds is 5. The highest BCUT2D eigenvalue weighted by molar-refractivity contribution is 6.30. The second kappa shape index (κ2) is 5.43. The lowest BCUT2D eigenvalue weighted by Crippen LogP contribution is -2.37. The summed E-state index contributed by atoms with van der Waals surface area (Å²) in [6.07, 6.45) is 2.06. The number of aliphatic hydroxyl groups is 2. The van der Waals surface area contributed by atoms with Crippen LogP contribution in [0, 0.1) is 0 Å². The molecule has 1 unspecified atom stereocenters. The van der Waals surface area contributed by atoms with Crippen LogP contribution in [0.2, 0.25) is 5.15 Å². The van der Waals surface area contributed by atoms with Crippen LogP contribution < -0.4 is 5.32 Å². The molecule has 1 heterocycles. The Morgan fingerprint density at radius 1 is 1.50 bits per heavy atom. The Morgan fingerprint density at radius 3 is 2.75 bits per heavy atom. The maximum absolute atomic E-state index is 9.63. The van der Waals surface area contributed by atoms with E-state index in [0.29, 0.717) is 17.4 Å². The average Bonchev–Trinajstić information content (AvgIpc) is 2.26. The lowest BCUT2D eigenvalue weighted by Gasteiger charge is -2.21. The van der Waals surface area contributed by atoms with Crippen LogP contribution in [0.25, 0.3) is 0 Å². The maximum atomic E-state index is 9.63. The summed E-state index contributed by atoms with van der Waals surface area (Å²) in [5.74, 6) is 0.594. The number of aromatic nitrogens is 2. The van der Waals surface area contributed by atoms with Gasteiger partial charge in [-0.3, -0.25) is 0 Å². The fourth-order valence-electron chi connectivity index (χ4n) is 1.19. The molecule has 0 fully saturated rings. The quantitative estimate of drug-likeness (QED) is 0.671. The zero-order chi connectivity index (χ0) is 12.2. The van der Waals surface area contributed by atoms with Crippen LogP contribution in [0.15, 0.2) is 6.33 Å². The predicted molar refractivity (Wildman–Crippen MR) is 62.6 cm³/mol. The molecule has 3 N–H and O–H groups in total. The van der Waals surface area contributed by atoms with Crippen LogP contribution in [0.3, 0.4) is 0 Å². The predicted octanol–water partition coefficient (Wildman–Crippen LogP) is 0.848. The number of anilines is 1. The molecule has 1 aromatic rings. The number of hydrogen-bond acceptors (Lipinski definition) is 5. The minimum Gasteiger partial charge on any atom is -0.393 e. The van der Waals surface area contributed by atoms with Gasteiger partial charge >= 0.3 is 0 Å². The smallest absolute Gasteiger partial charge is 0.137 e. The van der Waals surface area contributed by atoms with Gasteiger partial charge in [-0.2, -0.15) is 0 Å². The third kappa shape index (κ3) is 3.30. The van der Waals surface area contributed by atoms with E-state index in [-0.39, 0.29) is 13.2 Å². The summed E-state index contributed by atoms with van der Waals surface area (Å²) in [7, 11) is 0. The minimum atomic E-state index is -1.18. The highest BCUT2D eigenvalue weighted by Crippen LogP contribution is 2.20. The molecule has 0 aliphatic heterocycles. The molecule has 0 saturated carbocycles. The molecule has 1 aromatic heterocycles. The summed E-state index contributed by atoms with van der Waals surface area (Å²) in [6, 6.07) is 0. The third-order valence-electron chi connectivity index (χ3n) is 2.22. The number of halogens is 1. The molecule has 0 aliphatic rings. The van der Waals surface area contributed by atoms with Gasteiger partial charge in [0.25, 0.3) is 0 Å². The zero-order valence-corrected chi connectivity index (χ0v) is 10.1. The molecule has 0 aromatic carbocycles. The molecular weight excluding hydrogens is 230 g/mol. The summed E-state index contributed by atoms with van der Waals surface area (Å²) >= 11 is 5.91. The summed E-state index contributed by atoms with van der Waals surface area (Å²) in [5.41, 5.74) is -0.375. The number of nitrogens with zero attached hydrogens (tertiary/aromatic N) is 2. The average molecular weight is 246 g/mol. The molecule has 0 aliphatic carbocycles. The normalized spacial score (nSPS) is 14.6. The van der Waals surface area contributed by atoms with Gasteiger partial charge in [0.05, 0.1) is 6.61 Å². The molecular formula is C10H16ClN3O2. The van der Waals surface area contributed by atoms with Crippen molar-refractivity contribution >= 4 is 17.4 Å². The summed E-state index contributed by atoms with van der Waals surface area (Å²) in [5, 5.41) is 21.9. The van der Waals surface area contributed by atoms with Gasteiger partial charge in [-0.15, -0.1) is 0 Å². The van der Waals surface area contributed by atoms with Crippen molar-refractivity contribution in [3.8, 4) is 0 Å². The van der Waals surface area contributed by atoms with E-state index in [1.54, 1.807) is 0 Å². The Morgan fingerprint density at radius 2 is 2.19 bits per heavy atom. The largest absolute Gasteiger partial charge is 0.393 e. The Labute approximate surface area is 99.5 Å². The molecule has 1 atom stereocenters. The minimum absolute atomic E-state index is 0.198. The molecule has 1 rings (SSSR count). The number of hydrogen-bond donors (Lipinski definition) is 3. The lowest BCUT2D eigenvalue weighted by atomic mass is 10.1. The van der Waals surface area contributed by atoms with Gasteiger partial charge < -0.3 is 15.5 Å². The van der Waals surface area contributed by atoms with Crippen LogP contribution in [-0.2, 0) is 6.42 Å². The van der Waals surface area contributed by atoms with Gasteiger partial charge in [-0.25, -0.2) is 9.97 Å². The van der Waals surface area contributed by atoms with E-state index >= 15 is 0 Å². The zero-order valence-electron chi connectivity index (χ0n) is 9.37. The molecule has 6 heteroatoms. The van der Waals surface area contributed by atoms with Gasteiger partial charge in [0.2, 0.25) is 0 Å². The van der Waals surface area contributed by atoms with Gasteiger partial charge in [0, 0.05) is 12.1 Å². The molecule has 16 heavy (non-hydrogen) atoms. The van der Waals surface area contributed by atoms with Crippen molar-refractivity contribution in [2.45, 2.75) is 25.9 Å². The van der Waals surface area contributed by atoms with E-state index in [9.17, 15) is 5.11 Å². The van der Waals surface area contributed by atoms with Crippen molar-refractivity contribution in [2.75, 3.05) is 18.5 Å². The second-order valence-corrected chi connectivity index (χ2v) is 4.21. The third-order valence-corrected chi connectivity index (χ3v) is 2.55. The first-order valence-electron chi connectivity index (χ1n) is 5.06. The molecule has 5 nitrogen and oxygen atoms in total. The van der Waals surface area contributed by atoms with Crippen molar-refractivity contribution < 1.29 is 10.2 Å². The Bertz CT molecular complexity index is 358. The number of nitrogens with one attached hydrogen (secondary N) is 1. The standard InChI is InChI=1S/C10H16ClN3O2/c1-3-7-8(11)13-6-14-9(7)12-4-10(2,16)5-15/h6,15-16H,3-5H2,1-2H3,(H,12,13,14). The van der Waals surface area contributed by atoms with Crippen molar-refractivity contribution in [3.05, 3.63) is 17.0 Å². The Hall–Kier alpha value is -0.910. The van der Waals surface area contributed by atoms with Crippen LogP contribution >= 0.6 is 11.6 Å². The fraction of sp³-hybridized carbons (Fsp3) is 0.600. The van der Waals surface area contributed by atoms with E-state index in [1.165, 1.54) is 13.3 Å². The van der Waals surface area contributed by atoms with Gasteiger partial charge in [0.1, 0.15) is 22.9 Å².